The number of ether oxygens (including phenoxy) is 2. The maximum atomic E-state index is 12.7. The molecule has 160 valence electrons. The highest BCUT2D eigenvalue weighted by atomic mass is 16.5. The van der Waals surface area contributed by atoms with Gasteiger partial charge in [-0.3, -0.25) is 9.59 Å². The fourth-order valence-corrected chi connectivity index (χ4v) is 3.96. The Morgan fingerprint density at radius 1 is 1.10 bits per heavy atom. The highest BCUT2D eigenvalue weighted by Crippen LogP contribution is 2.25. The Kier molecular flexibility index (Phi) is 6.46. The minimum Gasteiger partial charge on any atom is -0.464 e. The van der Waals surface area contributed by atoms with Crippen LogP contribution in [0.4, 0.5) is 0 Å². The third-order valence-electron chi connectivity index (χ3n) is 5.60. The van der Waals surface area contributed by atoms with Gasteiger partial charge in [0.1, 0.15) is 5.58 Å². The van der Waals surface area contributed by atoms with Gasteiger partial charge in [-0.1, -0.05) is 0 Å². The maximum absolute atomic E-state index is 12.7. The summed E-state index contributed by atoms with van der Waals surface area (Å²) in [5.41, 5.74) is 6.17. The average molecular weight is 411 g/mol. The Labute approximate surface area is 176 Å². The number of esters is 1. The van der Waals surface area contributed by atoms with Crippen LogP contribution in [0, 0.1) is 27.7 Å². The molecule has 0 amide bonds. The molecule has 2 heterocycles. The lowest BCUT2D eigenvalue weighted by atomic mass is 10.0. The van der Waals surface area contributed by atoms with Gasteiger partial charge in [-0.15, -0.1) is 0 Å². The highest BCUT2D eigenvalue weighted by Gasteiger charge is 2.20. The van der Waals surface area contributed by atoms with Crippen LogP contribution in [0.25, 0.3) is 11.0 Å². The van der Waals surface area contributed by atoms with Crippen molar-refractivity contribution in [2.45, 2.75) is 47.1 Å². The first-order valence-electron chi connectivity index (χ1n) is 10.1. The molecule has 0 aliphatic rings. The number of Topliss-reactive ketones (excluding diaryl/α,β-unsaturated/α-hetero) is 1. The molecule has 6 heteroatoms. The quantitative estimate of drug-likeness (QED) is 0.399. The van der Waals surface area contributed by atoms with E-state index in [4.69, 9.17) is 13.9 Å². The monoisotopic (exact) mass is 411 g/mol. The van der Waals surface area contributed by atoms with E-state index in [1.807, 2.05) is 52.8 Å². The Hall–Kier alpha value is -2.86. The number of ketones is 1. The lowest BCUT2D eigenvalue weighted by Gasteiger charge is -2.17. The molecule has 1 atom stereocenters. The second-order valence-electron chi connectivity index (χ2n) is 7.91. The number of nitrogens with zero attached hydrogens (tertiary/aromatic N) is 1. The molecule has 1 aromatic carbocycles. The number of carbonyl (C=O) groups is 2. The fourth-order valence-electron chi connectivity index (χ4n) is 3.96. The van der Waals surface area contributed by atoms with Gasteiger partial charge < -0.3 is 18.5 Å². The predicted octanol–water partition coefficient (Wildman–Crippen LogP) is 4.64. The van der Waals surface area contributed by atoms with Gasteiger partial charge in [0, 0.05) is 35.0 Å². The van der Waals surface area contributed by atoms with Crippen molar-refractivity contribution in [3.63, 3.8) is 0 Å². The Morgan fingerprint density at radius 2 is 1.80 bits per heavy atom. The van der Waals surface area contributed by atoms with E-state index < -0.39 is 5.97 Å². The van der Waals surface area contributed by atoms with Crippen LogP contribution in [0.5, 0.6) is 0 Å². The molecule has 2 aromatic heterocycles. The molecule has 6 nitrogen and oxygen atoms in total. The van der Waals surface area contributed by atoms with Crippen molar-refractivity contribution in [2.24, 2.45) is 0 Å². The summed E-state index contributed by atoms with van der Waals surface area (Å²) in [6.07, 6.45) is 1.64. The number of methoxy groups -OCH3 is 1. The number of fused-ring (bicyclic) bond motifs is 1. The predicted molar refractivity (Wildman–Crippen MR) is 115 cm³/mol. The summed E-state index contributed by atoms with van der Waals surface area (Å²) < 4.78 is 18.1. The van der Waals surface area contributed by atoms with Gasteiger partial charge in [0.25, 0.3) is 0 Å². The summed E-state index contributed by atoms with van der Waals surface area (Å²) in [5.74, 6) is -0.665. The van der Waals surface area contributed by atoms with Crippen molar-refractivity contribution < 1.29 is 23.5 Å². The number of hydrogen-bond donors (Lipinski definition) is 0. The minimum atomic E-state index is -0.453. The molecule has 0 saturated heterocycles. The number of aromatic nitrogens is 1. The van der Waals surface area contributed by atoms with Crippen LogP contribution in [-0.2, 0) is 20.7 Å². The zero-order chi connectivity index (χ0) is 22.0. The van der Waals surface area contributed by atoms with E-state index in [2.05, 4.69) is 4.57 Å². The maximum Gasteiger partial charge on any atom is 0.310 e. The van der Waals surface area contributed by atoms with Crippen LogP contribution in [0.1, 0.15) is 51.4 Å². The lowest BCUT2D eigenvalue weighted by molar-refractivity contribution is -0.141. The van der Waals surface area contributed by atoms with Crippen LogP contribution in [-0.4, -0.2) is 36.6 Å². The summed E-state index contributed by atoms with van der Waals surface area (Å²) in [4.78, 5) is 25.0. The van der Waals surface area contributed by atoms with Crippen molar-refractivity contribution in [1.29, 1.82) is 0 Å². The van der Waals surface area contributed by atoms with E-state index in [1.165, 1.54) is 0 Å². The summed E-state index contributed by atoms with van der Waals surface area (Å²) in [5, 5.41) is 0.900. The van der Waals surface area contributed by atoms with Crippen molar-refractivity contribution >= 4 is 22.7 Å². The molecule has 0 N–H and O–H groups in total. The standard InChI is InChI=1S/C24H29NO5/c1-14-7-21-19(12-29-23(21)8-15(14)2)10-24(27)30-13-22(26)20-9-16(3)25(18(20)5)17(4)11-28-6/h7-9,12,17H,10-11,13H2,1-6H3. The third kappa shape index (κ3) is 4.33. The van der Waals surface area contributed by atoms with E-state index in [1.54, 1.807) is 13.4 Å². The minimum absolute atomic E-state index is 0.0622. The lowest BCUT2D eigenvalue weighted by Crippen LogP contribution is -2.17. The van der Waals surface area contributed by atoms with Gasteiger partial charge in [0.05, 0.1) is 25.3 Å². The molecule has 3 rings (SSSR count). The van der Waals surface area contributed by atoms with Gasteiger partial charge in [0.2, 0.25) is 5.78 Å². The smallest absolute Gasteiger partial charge is 0.310 e. The van der Waals surface area contributed by atoms with Crippen molar-refractivity contribution in [2.75, 3.05) is 20.3 Å². The molecule has 0 saturated carbocycles. The number of hydrogen-bond acceptors (Lipinski definition) is 5. The fraction of sp³-hybridized carbons (Fsp3) is 0.417. The molecule has 0 radical (unpaired) electrons. The van der Waals surface area contributed by atoms with Crippen LogP contribution in [0.3, 0.4) is 0 Å². The molecule has 0 spiro atoms. The van der Waals surface area contributed by atoms with E-state index >= 15 is 0 Å². The summed E-state index contributed by atoms with van der Waals surface area (Å²) in [6, 6.07) is 5.92. The number of rotatable bonds is 8. The average Bonchev–Trinajstić information content (AvgIpc) is 3.20. The SMILES string of the molecule is COCC(C)n1c(C)cc(C(=O)COC(=O)Cc2coc3cc(C)c(C)cc23)c1C. The third-order valence-corrected chi connectivity index (χ3v) is 5.60. The van der Waals surface area contributed by atoms with Gasteiger partial charge in [-0.25, -0.2) is 0 Å². The molecule has 0 aliphatic heterocycles. The van der Waals surface area contributed by atoms with Crippen molar-refractivity contribution in [3.8, 4) is 0 Å². The van der Waals surface area contributed by atoms with Crippen molar-refractivity contribution in [3.05, 3.63) is 58.1 Å². The Bertz CT molecular complexity index is 1090. The highest BCUT2D eigenvalue weighted by molar-refractivity contribution is 5.99. The molecule has 30 heavy (non-hydrogen) atoms. The van der Waals surface area contributed by atoms with Gasteiger partial charge >= 0.3 is 5.97 Å². The largest absolute Gasteiger partial charge is 0.464 e. The topological polar surface area (TPSA) is 70.7 Å². The van der Waals surface area contributed by atoms with Gasteiger partial charge in [-0.05, 0) is 63.9 Å². The Balaban J connectivity index is 1.66. The summed E-state index contributed by atoms with van der Waals surface area (Å²) >= 11 is 0. The molecular formula is C24H29NO5. The van der Waals surface area contributed by atoms with Gasteiger partial charge in [0.15, 0.2) is 6.61 Å². The first-order chi connectivity index (χ1) is 14.2. The van der Waals surface area contributed by atoms with Crippen LogP contribution >= 0.6 is 0 Å². The van der Waals surface area contributed by atoms with E-state index in [-0.39, 0.29) is 24.9 Å². The van der Waals surface area contributed by atoms with Crippen LogP contribution in [0.2, 0.25) is 0 Å². The van der Waals surface area contributed by atoms with Crippen molar-refractivity contribution in [1.82, 2.24) is 4.57 Å². The molecule has 0 bridgehead atoms. The number of benzene rings is 1. The first kappa shape index (κ1) is 21.8. The first-order valence-corrected chi connectivity index (χ1v) is 10.1. The van der Waals surface area contributed by atoms with E-state index in [0.29, 0.717) is 12.2 Å². The van der Waals surface area contributed by atoms with Crippen LogP contribution < -0.4 is 0 Å². The normalized spacial score (nSPS) is 12.3. The molecule has 3 aromatic rings. The summed E-state index contributed by atoms with van der Waals surface area (Å²) in [6.45, 7) is 10.2. The number of aryl methyl sites for hydroxylation is 3. The zero-order valence-electron chi connectivity index (χ0n) is 18.5. The number of carbonyl (C=O) groups excluding carboxylic acids is 2. The molecular weight excluding hydrogens is 382 g/mol. The summed E-state index contributed by atoms with van der Waals surface area (Å²) in [7, 11) is 1.65. The second kappa shape index (κ2) is 8.88. The second-order valence-corrected chi connectivity index (χ2v) is 7.91. The molecule has 1 unspecified atom stereocenters. The van der Waals surface area contributed by atoms with Crippen LogP contribution in [0.15, 0.2) is 28.9 Å². The van der Waals surface area contributed by atoms with Gasteiger partial charge in [-0.2, -0.15) is 0 Å². The van der Waals surface area contributed by atoms with E-state index in [9.17, 15) is 9.59 Å². The molecule has 0 fully saturated rings. The zero-order valence-corrected chi connectivity index (χ0v) is 18.5. The molecule has 0 aliphatic carbocycles. The Morgan fingerprint density at radius 3 is 2.50 bits per heavy atom. The number of furan rings is 1. The van der Waals surface area contributed by atoms with E-state index in [0.717, 1.165) is 39.0 Å².